The van der Waals surface area contributed by atoms with E-state index in [2.05, 4.69) is 41.6 Å². The van der Waals surface area contributed by atoms with Crippen LogP contribution in [0, 0.1) is 0 Å². The molecule has 3 atom stereocenters. The first-order valence-corrected chi connectivity index (χ1v) is 6.24. The summed E-state index contributed by atoms with van der Waals surface area (Å²) in [5, 5.41) is 0.951. The van der Waals surface area contributed by atoms with Crippen LogP contribution in [-0.2, 0) is 4.74 Å². The second-order valence-corrected chi connectivity index (χ2v) is 4.56. The summed E-state index contributed by atoms with van der Waals surface area (Å²) in [5.41, 5.74) is 0. The molecular weight excluding hydrogens is 230 g/mol. The smallest absolute Gasteiger partial charge is 0.0799 e. The van der Waals surface area contributed by atoms with E-state index < -0.39 is 0 Å². The van der Waals surface area contributed by atoms with Gasteiger partial charge in [-0.3, -0.25) is 4.90 Å². The number of ether oxygens (including phenoxy) is 1. The third-order valence-corrected chi connectivity index (χ3v) is 3.60. The van der Waals surface area contributed by atoms with Gasteiger partial charge >= 0.3 is 0 Å². The van der Waals surface area contributed by atoms with Crippen LogP contribution < -0.4 is 0 Å². The van der Waals surface area contributed by atoms with Gasteiger partial charge in [-0.2, -0.15) is 0 Å². The van der Waals surface area contributed by atoms with E-state index in [9.17, 15) is 0 Å². The minimum Gasteiger partial charge on any atom is -0.374 e. The Balaban J connectivity index is 2.49. The first kappa shape index (κ1) is 11.5. The lowest BCUT2D eigenvalue weighted by molar-refractivity contribution is -0.0612. The van der Waals surface area contributed by atoms with Crippen molar-refractivity contribution in [2.75, 3.05) is 18.5 Å². The zero-order valence-electron chi connectivity index (χ0n) is 8.79. The number of hydrogen-bond acceptors (Lipinski definition) is 2. The summed E-state index contributed by atoms with van der Waals surface area (Å²) in [6, 6.07) is 1.26. The minimum absolute atomic E-state index is 0.380. The lowest BCUT2D eigenvalue weighted by Crippen LogP contribution is -2.52. The number of morpholine rings is 1. The van der Waals surface area contributed by atoms with Gasteiger partial charge in [-0.15, -0.1) is 0 Å². The number of rotatable bonds is 3. The molecule has 0 saturated carbocycles. The SMILES string of the molecule is CCC(C)N1CC(CBr)OCC1C. The van der Waals surface area contributed by atoms with E-state index in [1.807, 2.05) is 0 Å². The van der Waals surface area contributed by atoms with Crippen LogP contribution in [0.5, 0.6) is 0 Å². The molecule has 0 N–H and O–H groups in total. The summed E-state index contributed by atoms with van der Waals surface area (Å²) in [5.74, 6) is 0. The average molecular weight is 250 g/mol. The van der Waals surface area contributed by atoms with E-state index in [4.69, 9.17) is 4.74 Å². The lowest BCUT2D eigenvalue weighted by atomic mass is 10.1. The maximum Gasteiger partial charge on any atom is 0.0799 e. The summed E-state index contributed by atoms with van der Waals surface area (Å²) in [6.07, 6.45) is 1.60. The zero-order valence-corrected chi connectivity index (χ0v) is 10.4. The van der Waals surface area contributed by atoms with Crippen LogP contribution in [0.15, 0.2) is 0 Å². The van der Waals surface area contributed by atoms with Crippen molar-refractivity contribution in [1.29, 1.82) is 0 Å². The first-order valence-electron chi connectivity index (χ1n) is 5.12. The quantitative estimate of drug-likeness (QED) is 0.712. The Hall–Kier alpha value is 0.400. The summed E-state index contributed by atoms with van der Waals surface area (Å²) in [6.45, 7) is 8.74. The molecule has 0 aromatic rings. The molecule has 3 heteroatoms. The Morgan fingerprint density at radius 1 is 1.62 bits per heavy atom. The molecule has 3 unspecified atom stereocenters. The fourth-order valence-electron chi connectivity index (χ4n) is 1.78. The lowest BCUT2D eigenvalue weighted by Gasteiger charge is -2.41. The van der Waals surface area contributed by atoms with Gasteiger partial charge in [-0.05, 0) is 20.3 Å². The van der Waals surface area contributed by atoms with Crippen LogP contribution in [0.1, 0.15) is 27.2 Å². The van der Waals surface area contributed by atoms with Gasteiger partial charge in [0.15, 0.2) is 0 Å². The molecular formula is C10H20BrNO. The van der Waals surface area contributed by atoms with E-state index in [1.54, 1.807) is 0 Å². The van der Waals surface area contributed by atoms with Gasteiger partial charge in [-0.25, -0.2) is 0 Å². The van der Waals surface area contributed by atoms with Crippen molar-refractivity contribution in [1.82, 2.24) is 4.90 Å². The van der Waals surface area contributed by atoms with Gasteiger partial charge in [0.2, 0.25) is 0 Å². The number of hydrogen-bond donors (Lipinski definition) is 0. The van der Waals surface area contributed by atoms with E-state index in [0.29, 0.717) is 18.2 Å². The Labute approximate surface area is 89.8 Å². The second kappa shape index (κ2) is 5.32. The minimum atomic E-state index is 0.380. The van der Waals surface area contributed by atoms with Crippen molar-refractivity contribution >= 4 is 15.9 Å². The molecule has 0 spiro atoms. The standard InChI is InChI=1S/C10H20BrNO/c1-4-8(2)12-6-10(5-11)13-7-9(12)3/h8-10H,4-7H2,1-3H3. The molecule has 1 aliphatic heterocycles. The molecule has 1 fully saturated rings. The van der Waals surface area contributed by atoms with Crippen LogP contribution in [-0.4, -0.2) is 41.6 Å². The highest BCUT2D eigenvalue weighted by Gasteiger charge is 2.27. The Morgan fingerprint density at radius 3 is 2.85 bits per heavy atom. The van der Waals surface area contributed by atoms with Gasteiger partial charge in [0.1, 0.15) is 0 Å². The summed E-state index contributed by atoms with van der Waals surface area (Å²) in [4.78, 5) is 2.55. The van der Waals surface area contributed by atoms with Crippen molar-refractivity contribution < 1.29 is 4.74 Å². The largest absolute Gasteiger partial charge is 0.374 e. The molecule has 13 heavy (non-hydrogen) atoms. The van der Waals surface area contributed by atoms with Crippen LogP contribution in [0.3, 0.4) is 0 Å². The van der Waals surface area contributed by atoms with Crippen LogP contribution in [0.25, 0.3) is 0 Å². The fraction of sp³-hybridized carbons (Fsp3) is 1.00. The molecule has 0 radical (unpaired) electrons. The molecule has 78 valence electrons. The highest BCUT2D eigenvalue weighted by molar-refractivity contribution is 9.09. The second-order valence-electron chi connectivity index (χ2n) is 3.91. The molecule has 1 heterocycles. The topological polar surface area (TPSA) is 12.5 Å². The molecule has 0 aromatic carbocycles. The maximum absolute atomic E-state index is 5.68. The summed E-state index contributed by atoms with van der Waals surface area (Å²) >= 11 is 3.48. The molecule has 1 aliphatic rings. The Bertz CT molecular complexity index is 150. The molecule has 1 saturated heterocycles. The van der Waals surface area contributed by atoms with Crippen molar-refractivity contribution in [3.05, 3.63) is 0 Å². The molecule has 2 nitrogen and oxygen atoms in total. The third-order valence-electron chi connectivity index (χ3n) is 2.88. The first-order chi connectivity index (χ1) is 6.19. The van der Waals surface area contributed by atoms with Crippen molar-refractivity contribution in [3.8, 4) is 0 Å². The maximum atomic E-state index is 5.68. The zero-order chi connectivity index (χ0) is 9.84. The van der Waals surface area contributed by atoms with Gasteiger partial charge in [0, 0.05) is 24.0 Å². The Morgan fingerprint density at radius 2 is 2.31 bits per heavy atom. The predicted molar refractivity (Wildman–Crippen MR) is 59.5 cm³/mol. The van der Waals surface area contributed by atoms with E-state index in [1.165, 1.54) is 6.42 Å². The van der Waals surface area contributed by atoms with Crippen molar-refractivity contribution in [3.63, 3.8) is 0 Å². The van der Waals surface area contributed by atoms with E-state index in [-0.39, 0.29) is 0 Å². The molecule has 0 amide bonds. The molecule has 1 rings (SSSR count). The van der Waals surface area contributed by atoms with Gasteiger partial charge < -0.3 is 4.74 Å². The normalized spacial score (nSPS) is 33.2. The number of alkyl halides is 1. The van der Waals surface area contributed by atoms with Crippen molar-refractivity contribution in [2.45, 2.75) is 45.4 Å². The number of halogens is 1. The highest BCUT2D eigenvalue weighted by Crippen LogP contribution is 2.17. The molecule has 0 aromatic heterocycles. The van der Waals surface area contributed by atoms with Gasteiger partial charge in [-0.1, -0.05) is 22.9 Å². The summed E-state index contributed by atoms with van der Waals surface area (Å²) < 4.78 is 5.68. The monoisotopic (exact) mass is 249 g/mol. The summed E-state index contributed by atoms with van der Waals surface area (Å²) in [7, 11) is 0. The van der Waals surface area contributed by atoms with Gasteiger partial charge in [0.05, 0.1) is 12.7 Å². The van der Waals surface area contributed by atoms with E-state index in [0.717, 1.165) is 18.5 Å². The van der Waals surface area contributed by atoms with Crippen LogP contribution in [0.2, 0.25) is 0 Å². The third kappa shape index (κ3) is 2.93. The molecule has 0 bridgehead atoms. The predicted octanol–water partition coefficient (Wildman–Crippen LogP) is 2.27. The Kier molecular flexibility index (Phi) is 4.70. The van der Waals surface area contributed by atoms with E-state index >= 15 is 0 Å². The number of nitrogens with zero attached hydrogens (tertiary/aromatic N) is 1. The van der Waals surface area contributed by atoms with Crippen molar-refractivity contribution in [2.24, 2.45) is 0 Å². The van der Waals surface area contributed by atoms with Crippen LogP contribution >= 0.6 is 15.9 Å². The highest BCUT2D eigenvalue weighted by atomic mass is 79.9. The fourth-order valence-corrected chi connectivity index (χ4v) is 2.17. The average Bonchev–Trinajstić information content (AvgIpc) is 2.17. The van der Waals surface area contributed by atoms with Gasteiger partial charge in [0.25, 0.3) is 0 Å². The van der Waals surface area contributed by atoms with Crippen LogP contribution in [0.4, 0.5) is 0 Å². The molecule has 0 aliphatic carbocycles.